The van der Waals surface area contributed by atoms with Gasteiger partial charge in [-0.25, -0.2) is 4.52 Å². The minimum absolute atomic E-state index is 0.0411. The van der Waals surface area contributed by atoms with Gasteiger partial charge < -0.3 is 5.11 Å². The lowest BCUT2D eigenvalue weighted by molar-refractivity contribution is -0.139. The Kier molecular flexibility index (Phi) is 2.88. The molecule has 90 valence electrons. The highest BCUT2D eigenvalue weighted by atomic mass is 16.4. The first-order valence-electron chi connectivity index (χ1n) is 5.69. The maximum Gasteiger partial charge on any atom is 0.311 e. The van der Waals surface area contributed by atoms with Gasteiger partial charge in [-0.2, -0.15) is 5.10 Å². The Balaban J connectivity index is 2.68. The molecule has 0 radical (unpaired) electrons. The fourth-order valence-electron chi connectivity index (χ4n) is 2.26. The zero-order chi connectivity index (χ0) is 12.6. The number of nitrogens with zero attached hydrogens (tertiary/aromatic N) is 2. The predicted molar refractivity (Wildman–Crippen MR) is 65.1 cm³/mol. The van der Waals surface area contributed by atoms with Crippen LogP contribution in [-0.2, 0) is 4.79 Å². The summed E-state index contributed by atoms with van der Waals surface area (Å²) in [7, 11) is 0. The normalized spacial score (nSPS) is 13.2. The van der Waals surface area contributed by atoms with Gasteiger partial charge in [-0.3, -0.25) is 4.79 Å². The van der Waals surface area contributed by atoms with Gasteiger partial charge in [-0.15, -0.1) is 0 Å². The SMILES string of the molecule is Cc1nn2ccccc2c1C(C(=O)O)C(C)C. The van der Waals surface area contributed by atoms with E-state index < -0.39 is 11.9 Å². The van der Waals surface area contributed by atoms with Gasteiger partial charge in [0.05, 0.1) is 17.1 Å². The smallest absolute Gasteiger partial charge is 0.311 e. The molecule has 2 rings (SSSR count). The molecule has 0 fully saturated rings. The molecular formula is C13H16N2O2. The van der Waals surface area contributed by atoms with Crippen molar-refractivity contribution in [2.24, 2.45) is 5.92 Å². The number of rotatable bonds is 3. The van der Waals surface area contributed by atoms with Crippen molar-refractivity contribution in [3.63, 3.8) is 0 Å². The molecule has 1 atom stereocenters. The molecule has 4 nitrogen and oxygen atoms in total. The quantitative estimate of drug-likeness (QED) is 0.884. The summed E-state index contributed by atoms with van der Waals surface area (Å²) in [5, 5.41) is 13.7. The molecule has 0 saturated carbocycles. The van der Waals surface area contributed by atoms with Gasteiger partial charge in [-0.05, 0) is 25.0 Å². The highest BCUT2D eigenvalue weighted by Gasteiger charge is 2.28. The lowest BCUT2D eigenvalue weighted by Gasteiger charge is -2.16. The molecule has 0 spiro atoms. The minimum Gasteiger partial charge on any atom is -0.481 e. The van der Waals surface area contributed by atoms with Gasteiger partial charge >= 0.3 is 5.97 Å². The number of hydrogen-bond donors (Lipinski definition) is 1. The zero-order valence-corrected chi connectivity index (χ0v) is 10.2. The van der Waals surface area contributed by atoms with E-state index in [1.165, 1.54) is 0 Å². The largest absolute Gasteiger partial charge is 0.481 e. The highest BCUT2D eigenvalue weighted by Crippen LogP contribution is 2.30. The van der Waals surface area contributed by atoms with Crippen molar-refractivity contribution in [1.29, 1.82) is 0 Å². The first kappa shape index (κ1) is 11.6. The van der Waals surface area contributed by atoms with Crippen LogP contribution in [0.2, 0.25) is 0 Å². The van der Waals surface area contributed by atoms with Crippen LogP contribution >= 0.6 is 0 Å². The van der Waals surface area contributed by atoms with E-state index in [2.05, 4.69) is 5.10 Å². The molecule has 0 aliphatic carbocycles. The third-order valence-electron chi connectivity index (χ3n) is 3.01. The van der Waals surface area contributed by atoms with Crippen molar-refractivity contribution in [3.8, 4) is 0 Å². The van der Waals surface area contributed by atoms with E-state index >= 15 is 0 Å². The number of hydrogen-bond acceptors (Lipinski definition) is 2. The van der Waals surface area contributed by atoms with Crippen LogP contribution in [0.4, 0.5) is 0 Å². The van der Waals surface area contributed by atoms with E-state index in [9.17, 15) is 9.90 Å². The van der Waals surface area contributed by atoms with Crippen molar-refractivity contribution in [3.05, 3.63) is 35.7 Å². The lowest BCUT2D eigenvalue weighted by Crippen LogP contribution is -2.18. The van der Waals surface area contributed by atoms with Crippen LogP contribution in [0.5, 0.6) is 0 Å². The van der Waals surface area contributed by atoms with Gasteiger partial charge in [0.25, 0.3) is 0 Å². The number of aliphatic carboxylic acids is 1. The van der Waals surface area contributed by atoms with Crippen LogP contribution in [-0.4, -0.2) is 20.7 Å². The van der Waals surface area contributed by atoms with E-state index in [4.69, 9.17) is 0 Å². The molecule has 1 N–H and O–H groups in total. The maximum atomic E-state index is 11.4. The number of aryl methyl sites for hydroxylation is 1. The summed E-state index contributed by atoms with van der Waals surface area (Å²) in [5.41, 5.74) is 2.50. The molecule has 0 aliphatic rings. The molecule has 2 heterocycles. The second-order valence-corrected chi connectivity index (χ2v) is 4.59. The number of carbonyl (C=O) groups is 1. The van der Waals surface area contributed by atoms with E-state index in [0.29, 0.717) is 0 Å². The number of carboxylic acid groups (broad SMARTS) is 1. The first-order chi connectivity index (χ1) is 8.02. The highest BCUT2D eigenvalue weighted by molar-refractivity contribution is 5.80. The number of carboxylic acids is 1. The van der Waals surface area contributed by atoms with Gasteiger partial charge in [0.2, 0.25) is 0 Å². The Morgan fingerprint density at radius 2 is 2.12 bits per heavy atom. The fourth-order valence-corrected chi connectivity index (χ4v) is 2.26. The average Bonchev–Trinajstić information content (AvgIpc) is 2.55. The van der Waals surface area contributed by atoms with Gasteiger partial charge in [-0.1, -0.05) is 19.9 Å². The molecule has 2 aromatic rings. The van der Waals surface area contributed by atoms with Crippen molar-refractivity contribution < 1.29 is 9.90 Å². The Morgan fingerprint density at radius 1 is 1.41 bits per heavy atom. The first-order valence-corrected chi connectivity index (χ1v) is 5.69. The van der Waals surface area contributed by atoms with Crippen LogP contribution < -0.4 is 0 Å². The summed E-state index contributed by atoms with van der Waals surface area (Å²) in [5.74, 6) is -1.25. The molecular weight excluding hydrogens is 216 g/mol. The monoisotopic (exact) mass is 232 g/mol. The lowest BCUT2D eigenvalue weighted by atomic mass is 9.87. The molecule has 0 aliphatic heterocycles. The fraction of sp³-hybridized carbons (Fsp3) is 0.385. The Bertz CT molecular complexity index is 558. The third kappa shape index (κ3) is 1.90. The van der Waals surface area contributed by atoms with Crippen LogP contribution in [0.25, 0.3) is 5.52 Å². The summed E-state index contributed by atoms with van der Waals surface area (Å²) < 4.78 is 1.74. The third-order valence-corrected chi connectivity index (χ3v) is 3.01. The second kappa shape index (κ2) is 4.20. The molecule has 17 heavy (non-hydrogen) atoms. The molecule has 4 heteroatoms. The summed E-state index contributed by atoms with van der Waals surface area (Å²) >= 11 is 0. The van der Waals surface area contributed by atoms with Crippen LogP contribution in [0.15, 0.2) is 24.4 Å². The number of pyridine rings is 1. The number of aromatic nitrogens is 2. The standard InChI is InChI=1S/C13H16N2O2/c1-8(2)11(13(16)17)12-9(3)14-15-7-5-4-6-10(12)15/h4-8,11H,1-3H3,(H,16,17). The predicted octanol–water partition coefficient (Wildman–Crippen LogP) is 2.47. The van der Waals surface area contributed by atoms with Crippen molar-refractivity contribution in [1.82, 2.24) is 9.61 Å². The van der Waals surface area contributed by atoms with Crippen LogP contribution in [0.1, 0.15) is 31.0 Å². The summed E-state index contributed by atoms with van der Waals surface area (Å²) in [4.78, 5) is 11.4. The molecule has 0 aromatic carbocycles. The van der Waals surface area contributed by atoms with Crippen molar-refractivity contribution in [2.75, 3.05) is 0 Å². The van der Waals surface area contributed by atoms with E-state index in [0.717, 1.165) is 16.8 Å². The topological polar surface area (TPSA) is 54.6 Å². The summed E-state index contributed by atoms with van der Waals surface area (Å²) in [6, 6.07) is 5.70. The van der Waals surface area contributed by atoms with E-state index in [-0.39, 0.29) is 5.92 Å². The van der Waals surface area contributed by atoms with Gasteiger partial charge in [0.15, 0.2) is 0 Å². The summed E-state index contributed by atoms with van der Waals surface area (Å²) in [6.45, 7) is 5.70. The maximum absolute atomic E-state index is 11.4. The van der Waals surface area contributed by atoms with Gasteiger partial charge in [0.1, 0.15) is 0 Å². The summed E-state index contributed by atoms with van der Waals surface area (Å²) in [6.07, 6.45) is 1.84. The second-order valence-electron chi connectivity index (χ2n) is 4.59. The van der Waals surface area contributed by atoms with Crippen LogP contribution in [0, 0.1) is 12.8 Å². The minimum atomic E-state index is -0.790. The van der Waals surface area contributed by atoms with E-state index in [1.54, 1.807) is 4.52 Å². The molecule has 1 unspecified atom stereocenters. The number of fused-ring (bicyclic) bond motifs is 1. The van der Waals surface area contributed by atoms with Gasteiger partial charge in [0, 0.05) is 11.8 Å². The molecule has 0 bridgehead atoms. The molecule has 0 saturated heterocycles. The molecule has 2 aromatic heterocycles. The average molecular weight is 232 g/mol. The Labute approximate surface area is 99.9 Å². The zero-order valence-electron chi connectivity index (χ0n) is 10.2. The van der Waals surface area contributed by atoms with Crippen molar-refractivity contribution >= 4 is 11.5 Å². The molecule has 0 amide bonds. The van der Waals surface area contributed by atoms with Crippen molar-refractivity contribution in [2.45, 2.75) is 26.7 Å². The Morgan fingerprint density at radius 3 is 2.71 bits per heavy atom. The van der Waals surface area contributed by atoms with E-state index in [1.807, 2.05) is 45.2 Å². The Hall–Kier alpha value is -1.84. The van der Waals surface area contributed by atoms with Crippen LogP contribution in [0.3, 0.4) is 0 Å².